The highest BCUT2D eigenvalue weighted by molar-refractivity contribution is 5.89. The first kappa shape index (κ1) is 11.4. The van der Waals surface area contributed by atoms with Crippen LogP contribution in [0.4, 0.5) is 0 Å². The summed E-state index contributed by atoms with van der Waals surface area (Å²) >= 11 is 0. The molecule has 0 unspecified atom stereocenters. The van der Waals surface area contributed by atoms with Crippen molar-refractivity contribution in [2.24, 2.45) is 0 Å². The molecule has 0 aliphatic rings. The average molecular weight is 168 g/mol. The second kappa shape index (κ2) is 8.51. The van der Waals surface area contributed by atoms with E-state index >= 15 is 0 Å². The van der Waals surface area contributed by atoms with E-state index in [1.807, 2.05) is 13.0 Å². The second-order valence-corrected chi connectivity index (χ2v) is 3.07. The molecule has 0 aromatic rings. The van der Waals surface area contributed by atoms with Gasteiger partial charge in [0.1, 0.15) is 0 Å². The molecule has 70 valence electrons. The van der Waals surface area contributed by atoms with Crippen LogP contribution < -0.4 is 0 Å². The molecule has 1 nitrogen and oxygen atoms in total. The maximum Gasteiger partial charge on any atom is 0.155 e. The highest BCUT2D eigenvalue weighted by Gasteiger charge is 1.88. The molecule has 0 heterocycles. The summed E-state index contributed by atoms with van der Waals surface area (Å²) in [6, 6.07) is 0. The van der Waals surface area contributed by atoms with Gasteiger partial charge in [-0.25, -0.2) is 0 Å². The van der Waals surface area contributed by atoms with Crippen LogP contribution in [0.1, 0.15) is 52.4 Å². The lowest BCUT2D eigenvalue weighted by atomic mass is 10.1. The Balaban J connectivity index is 3.18. The van der Waals surface area contributed by atoms with Gasteiger partial charge in [0, 0.05) is 6.42 Å². The molecule has 0 bridgehead atoms. The van der Waals surface area contributed by atoms with Gasteiger partial charge in [-0.15, -0.1) is 0 Å². The van der Waals surface area contributed by atoms with Crippen LogP contribution in [0.3, 0.4) is 0 Å². The zero-order chi connectivity index (χ0) is 9.23. The molecule has 0 aliphatic carbocycles. The minimum absolute atomic E-state index is 0.241. The molecule has 0 N–H and O–H groups in total. The number of unbranched alkanes of at least 4 members (excludes halogenated alkanes) is 4. The summed E-state index contributed by atoms with van der Waals surface area (Å²) < 4.78 is 0. The number of allylic oxidation sites excluding steroid dienone is 2. The Morgan fingerprint density at radius 3 is 2.50 bits per heavy atom. The summed E-state index contributed by atoms with van der Waals surface area (Å²) in [5, 5.41) is 0. The fraction of sp³-hybridized carbons (Fsp3) is 0.727. The molecular weight excluding hydrogens is 148 g/mol. The van der Waals surface area contributed by atoms with E-state index in [2.05, 4.69) is 6.92 Å². The van der Waals surface area contributed by atoms with Gasteiger partial charge in [0.25, 0.3) is 0 Å². The molecule has 0 fully saturated rings. The van der Waals surface area contributed by atoms with Gasteiger partial charge < -0.3 is 0 Å². The Morgan fingerprint density at radius 2 is 1.92 bits per heavy atom. The topological polar surface area (TPSA) is 17.1 Å². The van der Waals surface area contributed by atoms with Crippen LogP contribution in [0.5, 0.6) is 0 Å². The lowest BCUT2D eigenvalue weighted by Gasteiger charge is -1.93. The number of ketones is 1. The summed E-state index contributed by atoms with van der Waals surface area (Å²) in [7, 11) is 0. The molecule has 0 atom stereocenters. The van der Waals surface area contributed by atoms with Crippen molar-refractivity contribution in [1.29, 1.82) is 0 Å². The van der Waals surface area contributed by atoms with Gasteiger partial charge in [-0.2, -0.15) is 0 Å². The third kappa shape index (κ3) is 7.52. The first-order valence-electron chi connectivity index (χ1n) is 5.00. The van der Waals surface area contributed by atoms with Gasteiger partial charge in [-0.3, -0.25) is 4.79 Å². The number of rotatable bonds is 7. The fourth-order valence-corrected chi connectivity index (χ4v) is 1.02. The molecule has 0 spiro atoms. The Kier molecular flexibility index (Phi) is 8.09. The summed E-state index contributed by atoms with van der Waals surface area (Å²) in [4.78, 5) is 10.8. The molecule has 0 aromatic carbocycles. The van der Waals surface area contributed by atoms with E-state index in [4.69, 9.17) is 0 Å². The van der Waals surface area contributed by atoms with E-state index in [-0.39, 0.29) is 5.78 Å². The van der Waals surface area contributed by atoms with E-state index in [1.165, 1.54) is 25.7 Å². The molecular formula is C11H20O. The molecule has 0 rings (SSSR count). The number of carbonyl (C=O) groups excluding carboxylic acids is 1. The Morgan fingerprint density at radius 1 is 1.17 bits per heavy atom. The van der Waals surface area contributed by atoms with Crippen LogP contribution in [0.2, 0.25) is 0 Å². The normalized spacial score (nSPS) is 10.8. The number of carbonyl (C=O) groups is 1. The van der Waals surface area contributed by atoms with E-state index in [1.54, 1.807) is 6.08 Å². The smallest absolute Gasteiger partial charge is 0.155 e. The van der Waals surface area contributed by atoms with Gasteiger partial charge >= 0.3 is 0 Å². The largest absolute Gasteiger partial charge is 0.295 e. The van der Waals surface area contributed by atoms with Gasteiger partial charge in [-0.1, -0.05) is 39.2 Å². The molecule has 0 aliphatic heterocycles. The summed E-state index contributed by atoms with van der Waals surface area (Å²) in [5.74, 6) is 0.241. The fourth-order valence-electron chi connectivity index (χ4n) is 1.02. The zero-order valence-electron chi connectivity index (χ0n) is 8.31. The maximum absolute atomic E-state index is 10.8. The highest BCUT2D eigenvalue weighted by atomic mass is 16.1. The van der Waals surface area contributed by atoms with E-state index < -0.39 is 0 Å². The van der Waals surface area contributed by atoms with Crippen LogP contribution in [0.15, 0.2) is 12.2 Å². The minimum atomic E-state index is 0.241. The van der Waals surface area contributed by atoms with Crippen molar-refractivity contribution in [2.75, 3.05) is 0 Å². The minimum Gasteiger partial charge on any atom is -0.295 e. The van der Waals surface area contributed by atoms with Gasteiger partial charge in [-0.05, 0) is 18.9 Å². The predicted octanol–water partition coefficient (Wildman–Crippen LogP) is 3.49. The quantitative estimate of drug-likeness (QED) is 0.420. The number of hydrogen-bond acceptors (Lipinski definition) is 1. The molecule has 0 amide bonds. The molecule has 0 saturated heterocycles. The van der Waals surface area contributed by atoms with E-state index in [0.717, 1.165) is 6.42 Å². The van der Waals surface area contributed by atoms with Gasteiger partial charge in [0.15, 0.2) is 5.78 Å². The highest BCUT2D eigenvalue weighted by Crippen LogP contribution is 2.02. The van der Waals surface area contributed by atoms with Crippen LogP contribution in [-0.4, -0.2) is 5.78 Å². The predicted molar refractivity (Wildman–Crippen MR) is 53.2 cm³/mol. The van der Waals surface area contributed by atoms with Crippen LogP contribution in [-0.2, 0) is 4.79 Å². The summed E-state index contributed by atoms with van der Waals surface area (Å²) in [6.07, 6.45) is 10.5. The van der Waals surface area contributed by atoms with Crippen LogP contribution >= 0.6 is 0 Å². The monoisotopic (exact) mass is 168 g/mol. The SMILES string of the molecule is CCCCCCC=CC(=O)CC. The van der Waals surface area contributed by atoms with Crippen molar-refractivity contribution in [2.45, 2.75) is 52.4 Å². The Hall–Kier alpha value is -0.590. The summed E-state index contributed by atoms with van der Waals surface area (Å²) in [5.41, 5.74) is 0. The van der Waals surface area contributed by atoms with Crippen molar-refractivity contribution >= 4 is 5.78 Å². The standard InChI is InChI=1S/C11H20O/c1-3-5-6-7-8-9-10-11(12)4-2/h9-10H,3-8H2,1-2H3. The first-order chi connectivity index (χ1) is 5.81. The van der Waals surface area contributed by atoms with Crippen molar-refractivity contribution in [1.82, 2.24) is 0 Å². The maximum atomic E-state index is 10.8. The zero-order valence-corrected chi connectivity index (χ0v) is 8.31. The van der Waals surface area contributed by atoms with Crippen molar-refractivity contribution in [3.63, 3.8) is 0 Å². The first-order valence-corrected chi connectivity index (χ1v) is 5.00. The van der Waals surface area contributed by atoms with Crippen LogP contribution in [0, 0.1) is 0 Å². The van der Waals surface area contributed by atoms with Crippen molar-refractivity contribution in [3.8, 4) is 0 Å². The number of hydrogen-bond donors (Lipinski definition) is 0. The Bertz CT molecular complexity index is 136. The van der Waals surface area contributed by atoms with E-state index in [9.17, 15) is 4.79 Å². The molecule has 12 heavy (non-hydrogen) atoms. The third-order valence-corrected chi connectivity index (χ3v) is 1.88. The second-order valence-electron chi connectivity index (χ2n) is 3.07. The van der Waals surface area contributed by atoms with Crippen molar-refractivity contribution in [3.05, 3.63) is 12.2 Å². The van der Waals surface area contributed by atoms with Gasteiger partial charge in [0.2, 0.25) is 0 Å². The molecule has 0 radical (unpaired) electrons. The van der Waals surface area contributed by atoms with Crippen LogP contribution in [0.25, 0.3) is 0 Å². The molecule has 0 saturated carbocycles. The lowest BCUT2D eigenvalue weighted by Crippen LogP contribution is -1.86. The Labute approximate surface area is 75.9 Å². The van der Waals surface area contributed by atoms with Gasteiger partial charge in [0.05, 0.1) is 0 Å². The summed E-state index contributed by atoms with van der Waals surface area (Å²) in [6.45, 7) is 4.10. The van der Waals surface area contributed by atoms with E-state index in [0.29, 0.717) is 6.42 Å². The van der Waals surface area contributed by atoms with Crippen molar-refractivity contribution < 1.29 is 4.79 Å². The third-order valence-electron chi connectivity index (χ3n) is 1.88. The molecule has 1 heteroatoms. The average Bonchev–Trinajstić information content (AvgIpc) is 2.10. The lowest BCUT2D eigenvalue weighted by molar-refractivity contribution is -0.114. The molecule has 0 aromatic heterocycles.